The Morgan fingerprint density at radius 3 is 2.88 bits per heavy atom. The van der Waals surface area contributed by atoms with Gasteiger partial charge >= 0.3 is 0 Å². The summed E-state index contributed by atoms with van der Waals surface area (Å²) >= 11 is 12.2. The van der Waals surface area contributed by atoms with Crippen molar-refractivity contribution in [3.63, 3.8) is 0 Å². The van der Waals surface area contributed by atoms with Gasteiger partial charge in [0.2, 0.25) is 0 Å². The highest BCUT2D eigenvalue weighted by Gasteiger charge is 2.26. The molecule has 0 aliphatic heterocycles. The van der Waals surface area contributed by atoms with Crippen molar-refractivity contribution in [2.45, 2.75) is 38.6 Å². The first-order valence-electron chi connectivity index (χ1n) is 6.38. The first kappa shape index (κ1) is 13.2. The van der Waals surface area contributed by atoms with Crippen molar-refractivity contribution in [2.24, 2.45) is 5.92 Å². The lowest BCUT2D eigenvalue weighted by molar-refractivity contribution is 0.406. The van der Waals surface area contributed by atoms with Gasteiger partial charge in [0.05, 0.1) is 0 Å². The Morgan fingerprint density at radius 1 is 1.29 bits per heavy atom. The third-order valence-corrected chi connectivity index (χ3v) is 4.22. The van der Waals surface area contributed by atoms with Gasteiger partial charge in [0, 0.05) is 16.1 Å². The van der Waals surface area contributed by atoms with E-state index in [0.717, 1.165) is 23.0 Å². The smallest absolute Gasteiger partial charge is 0.0439 e. The van der Waals surface area contributed by atoms with E-state index in [1.54, 1.807) is 0 Å². The number of halogens is 2. The zero-order chi connectivity index (χ0) is 12.3. The van der Waals surface area contributed by atoms with Crippen molar-refractivity contribution >= 4 is 23.2 Å². The molecule has 0 spiro atoms. The Hall–Kier alpha value is -0.240. The summed E-state index contributed by atoms with van der Waals surface area (Å²) in [5.74, 6) is 0.700. The predicted molar refractivity (Wildman–Crippen MR) is 75.0 cm³/mol. The molecule has 1 aliphatic carbocycles. The minimum atomic E-state index is 0.648. The summed E-state index contributed by atoms with van der Waals surface area (Å²) in [6.07, 6.45) is 4.94. The zero-order valence-corrected chi connectivity index (χ0v) is 11.7. The van der Waals surface area contributed by atoms with Crippen LogP contribution in [0.2, 0.25) is 10.0 Å². The number of nitrogens with one attached hydrogen (secondary N) is 1. The minimum Gasteiger partial charge on any atom is -0.314 e. The maximum Gasteiger partial charge on any atom is 0.0439 e. The molecule has 1 aromatic carbocycles. The molecule has 0 bridgehead atoms. The average Bonchev–Trinajstić information content (AvgIpc) is 2.72. The molecule has 1 nitrogen and oxygen atoms in total. The fourth-order valence-electron chi connectivity index (χ4n) is 2.79. The molecule has 1 saturated carbocycles. The van der Waals surface area contributed by atoms with Gasteiger partial charge in [-0.25, -0.2) is 0 Å². The maximum atomic E-state index is 6.22. The molecule has 3 heteroatoms. The molecule has 0 radical (unpaired) electrons. The Balaban J connectivity index is 2.06. The van der Waals surface area contributed by atoms with E-state index in [2.05, 4.69) is 12.2 Å². The third kappa shape index (κ3) is 3.37. The molecule has 2 rings (SSSR count). The highest BCUT2D eigenvalue weighted by atomic mass is 35.5. The van der Waals surface area contributed by atoms with Crippen LogP contribution in [0.1, 0.15) is 31.7 Å². The fraction of sp³-hybridized carbons (Fsp3) is 0.571. The minimum absolute atomic E-state index is 0.648. The Morgan fingerprint density at radius 2 is 2.12 bits per heavy atom. The monoisotopic (exact) mass is 271 g/mol. The number of hydrogen-bond donors (Lipinski definition) is 1. The molecule has 1 aromatic rings. The quantitative estimate of drug-likeness (QED) is 0.861. The molecular formula is C14H19Cl2N. The topological polar surface area (TPSA) is 12.0 Å². The van der Waals surface area contributed by atoms with Gasteiger partial charge in [-0.2, -0.15) is 0 Å². The van der Waals surface area contributed by atoms with Gasteiger partial charge < -0.3 is 5.32 Å². The molecule has 17 heavy (non-hydrogen) atoms. The standard InChI is InChI=1S/C14H19Cl2N/c1-2-17-14-5-3-4-10(14)8-11-9-12(15)6-7-13(11)16/h6-7,9-10,14,17H,2-5,8H2,1H3. The first-order chi connectivity index (χ1) is 8.20. The van der Waals surface area contributed by atoms with Gasteiger partial charge in [-0.15, -0.1) is 0 Å². The van der Waals surface area contributed by atoms with Crippen molar-refractivity contribution in [1.82, 2.24) is 5.32 Å². The van der Waals surface area contributed by atoms with Crippen LogP contribution in [-0.4, -0.2) is 12.6 Å². The second kappa shape index (κ2) is 6.08. The van der Waals surface area contributed by atoms with Crippen molar-refractivity contribution in [3.8, 4) is 0 Å². The van der Waals surface area contributed by atoms with Gasteiger partial charge in [0.15, 0.2) is 0 Å². The first-order valence-corrected chi connectivity index (χ1v) is 7.13. The normalized spacial score (nSPS) is 24.2. The van der Waals surface area contributed by atoms with Crippen LogP contribution in [0.4, 0.5) is 0 Å². The largest absolute Gasteiger partial charge is 0.314 e. The zero-order valence-electron chi connectivity index (χ0n) is 10.2. The van der Waals surface area contributed by atoms with Crippen LogP contribution in [0, 0.1) is 5.92 Å². The van der Waals surface area contributed by atoms with Crippen LogP contribution >= 0.6 is 23.2 Å². The molecule has 0 amide bonds. The Bertz CT molecular complexity index is 378. The second-order valence-corrected chi connectivity index (χ2v) is 5.64. The van der Waals surface area contributed by atoms with Gasteiger partial charge in [0.1, 0.15) is 0 Å². The second-order valence-electron chi connectivity index (χ2n) is 4.80. The van der Waals surface area contributed by atoms with Gasteiger partial charge in [-0.05, 0) is 55.5 Å². The molecule has 1 fully saturated rings. The highest BCUT2D eigenvalue weighted by Crippen LogP contribution is 2.31. The van der Waals surface area contributed by atoms with E-state index >= 15 is 0 Å². The summed E-state index contributed by atoms with van der Waals surface area (Å²) in [6, 6.07) is 6.40. The molecule has 1 N–H and O–H groups in total. The van der Waals surface area contributed by atoms with Crippen LogP contribution in [0.5, 0.6) is 0 Å². The van der Waals surface area contributed by atoms with Crippen LogP contribution in [0.3, 0.4) is 0 Å². The summed E-state index contributed by atoms with van der Waals surface area (Å²) in [5, 5.41) is 5.20. The van der Waals surface area contributed by atoms with E-state index < -0.39 is 0 Å². The lowest BCUT2D eigenvalue weighted by Crippen LogP contribution is -2.33. The summed E-state index contributed by atoms with van der Waals surface area (Å²) in [4.78, 5) is 0. The predicted octanol–water partition coefficient (Wildman–Crippen LogP) is 4.31. The van der Waals surface area contributed by atoms with E-state index in [1.165, 1.54) is 24.8 Å². The van der Waals surface area contributed by atoms with Gasteiger partial charge in [0.25, 0.3) is 0 Å². The number of hydrogen-bond acceptors (Lipinski definition) is 1. The van der Waals surface area contributed by atoms with E-state index in [1.807, 2.05) is 18.2 Å². The Kier molecular flexibility index (Phi) is 4.72. The van der Waals surface area contributed by atoms with Crippen LogP contribution in [-0.2, 0) is 6.42 Å². The van der Waals surface area contributed by atoms with Gasteiger partial charge in [-0.3, -0.25) is 0 Å². The average molecular weight is 272 g/mol. The van der Waals surface area contributed by atoms with Crippen molar-refractivity contribution in [2.75, 3.05) is 6.54 Å². The van der Waals surface area contributed by atoms with Crippen LogP contribution < -0.4 is 5.32 Å². The summed E-state index contributed by atoms with van der Waals surface area (Å²) in [7, 11) is 0. The highest BCUT2D eigenvalue weighted by molar-refractivity contribution is 6.33. The summed E-state index contributed by atoms with van der Waals surface area (Å²) < 4.78 is 0. The molecule has 94 valence electrons. The van der Waals surface area contributed by atoms with Crippen molar-refractivity contribution < 1.29 is 0 Å². The third-order valence-electron chi connectivity index (χ3n) is 3.62. The SMILES string of the molecule is CCNC1CCCC1Cc1cc(Cl)ccc1Cl. The molecule has 2 atom stereocenters. The fourth-order valence-corrected chi connectivity index (χ4v) is 3.18. The van der Waals surface area contributed by atoms with Crippen LogP contribution in [0.25, 0.3) is 0 Å². The number of benzene rings is 1. The molecule has 0 heterocycles. The lowest BCUT2D eigenvalue weighted by atomic mass is 9.94. The van der Waals surface area contributed by atoms with Crippen molar-refractivity contribution in [3.05, 3.63) is 33.8 Å². The van der Waals surface area contributed by atoms with E-state index in [0.29, 0.717) is 12.0 Å². The molecular weight excluding hydrogens is 253 g/mol. The summed E-state index contributed by atoms with van der Waals surface area (Å²) in [6.45, 7) is 3.21. The summed E-state index contributed by atoms with van der Waals surface area (Å²) in [5.41, 5.74) is 1.19. The molecule has 0 aromatic heterocycles. The van der Waals surface area contributed by atoms with Crippen LogP contribution in [0.15, 0.2) is 18.2 Å². The number of rotatable bonds is 4. The van der Waals surface area contributed by atoms with Crippen molar-refractivity contribution in [1.29, 1.82) is 0 Å². The van der Waals surface area contributed by atoms with E-state index in [-0.39, 0.29) is 0 Å². The van der Waals surface area contributed by atoms with E-state index in [4.69, 9.17) is 23.2 Å². The maximum absolute atomic E-state index is 6.22. The lowest BCUT2D eigenvalue weighted by Gasteiger charge is -2.21. The van der Waals surface area contributed by atoms with Gasteiger partial charge in [-0.1, -0.05) is 36.5 Å². The molecule has 1 aliphatic rings. The molecule has 0 saturated heterocycles. The van der Waals surface area contributed by atoms with E-state index in [9.17, 15) is 0 Å². The Labute approximate surface area is 114 Å². The molecule has 2 unspecified atom stereocenters.